The zero-order valence-corrected chi connectivity index (χ0v) is 20.9. The van der Waals surface area contributed by atoms with E-state index in [1.165, 1.54) is 11.4 Å². The maximum absolute atomic E-state index is 12.4. The standard InChI is InChI=1S/C14H13NO7S.C12H12N2/c1-23(21,22)8-5-6-9(10(7-8)15(19)20)14(18)13-11(16)3-2-4-12(13)17;1-3-7-13-9-10-14-8-4-2-6-12(14)11(13)5-1/h5-7,13H,2-4H2,1H3;1-8H,9-10H2/q;+2. The van der Waals surface area contributed by atoms with Gasteiger partial charge in [-0.25, -0.2) is 8.42 Å². The number of hydrogen-bond acceptors (Lipinski definition) is 7. The highest BCUT2D eigenvalue weighted by Crippen LogP contribution is 2.28. The van der Waals surface area contributed by atoms with Crippen LogP contribution < -0.4 is 9.13 Å². The van der Waals surface area contributed by atoms with Crippen LogP contribution in [0.2, 0.25) is 0 Å². The van der Waals surface area contributed by atoms with Gasteiger partial charge in [0.25, 0.3) is 17.1 Å². The van der Waals surface area contributed by atoms with Crippen LogP contribution in [0.25, 0.3) is 11.4 Å². The summed E-state index contributed by atoms with van der Waals surface area (Å²) in [6.45, 7) is 2.13. The number of nitrogens with zero attached hydrogens (tertiary/aromatic N) is 3. The smallest absolute Gasteiger partial charge is 0.281 e. The largest absolute Gasteiger partial charge is 0.298 e. The monoisotopic (exact) mass is 523 g/mol. The van der Waals surface area contributed by atoms with Gasteiger partial charge in [-0.05, 0) is 30.7 Å². The molecule has 2 aromatic heterocycles. The first kappa shape index (κ1) is 26.0. The van der Waals surface area contributed by atoms with Gasteiger partial charge in [-0.15, -0.1) is 0 Å². The predicted molar refractivity (Wildman–Crippen MR) is 130 cm³/mol. The molecule has 11 heteroatoms. The lowest BCUT2D eigenvalue weighted by Gasteiger charge is -2.18. The average Bonchev–Trinajstić information content (AvgIpc) is 2.88. The molecule has 0 saturated heterocycles. The van der Waals surface area contributed by atoms with E-state index in [0.29, 0.717) is 6.42 Å². The van der Waals surface area contributed by atoms with Gasteiger partial charge >= 0.3 is 0 Å². The number of hydrogen-bond donors (Lipinski definition) is 0. The molecule has 1 aliphatic heterocycles. The van der Waals surface area contributed by atoms with Crippen molar-refractivity contribution in [2.75, 3.05) is 6.26 Å². The Kier molecular flexibility index (Phi) is 7.35. The number of sulfone groups is 1. The van der Waals surface area contributed by atoms with Crippen molar-refractivity contribution in [2.24, 2.45) is 5.92 Å². The van der Waals surface area contributed by atoms with E-state index in [4.69, 9.17) is 0 Å². The topological polar surface area (TPSA) is 136 Å². The van der Waals surface area contributed by atoms with Gasteiger partial charge in [-0.1, -0.05) is 0 Å². The molecule has 3 aromatic rings. The molecule has 0 bridgehead atoms. The van der Waals surface area contributed by atoms with Gasteiger partial charge in [0.2, 0.25) is 13.1 Å². The fourth-order valence-electron chi connectivity index (χ4n) is 4.48. The van der Waals surface area contributed by atoms with E-state index in [1.807, 2.05) is 0 Å². The SMILES string of the molecule is CS(=O)(=O)c1ccc(C(=O)C2C(=O)CCCC2=O)c([N+](=O)[O-])c1.c1cc[n+]2c(c1)-c1cccc[n+]1CC2. The van der Waals surface area contributed by atoms with Crippen molar-refractivity contribution in [1.29, 1.82) is 0 Å². The van der Waals surface area contributed by atoms with E-state index in [0.717, 1.165) is 37.5 Å². The molecule has 5 rings (SSSR count). The number of Topliss-reactive ketones (excluding diaryl/α,β-unsaturated/α-hetero) is 3. The van der Waals surface area contributed by atoms with Crippen molar-refractivity contribution in [1.82, 2.24) is 0 Å². The Morgan fingerprint density at radius 1 is 0.919 bits per heavy atom. The molecule has 1 aliphatic carbocycles. The number of rotatable bonds is 4. The molecule has 0 amide bonds. The number of ketones is 3. The van der Waals surface area contributed by atoms with Crippen molar-refractivity contribution < 1.29 is 36.9 Å². The van der Waals surface area contributed by atoms with Crippen LogP contribution in [0.1, 0.15) is 29.6 Å². The minimum absolute atomic E-state index is 0.0668. The first-order valence-corrected chi connectivity index (χ1v) is 13.5. The minimum atomic E-state index is -3.70. The molecule has 10 nitrogen and oxygen atoms in total. The van der Waals surface area contributed by atoms with Crippen molar-refractivity contribution in [3.05, 3.63) is 82.7 Å². The summed E-state index contributed by atoms with van der Waals surface area (Å²) in [5.74, 6) is -3.61. The molecule has 1 saturated carbocycles. The highest BCUT2D eigenvalue weighted by atomic mass is 32.2. The van der Waals surface area contributed by atoms with Crippen molar-refractivity contribution in [3.63, 3.8) is 0 Å². The van der Waals surface area contributed by atoms with Crippen LogP contribution in [0, 0.1) is 16.0 Å². The molecular formula is C26H25N3O7S+2. The summed E-state index contributed by atoms with van der Waals surface area (Å²) in [6, 6.07) is 15.5. The summed E-state index contributed by atoms with van der Waals surface area (Å²) in [6.07, 6.45) is 5.66. The van der Waals surface area contributed by atoms with Crippen LogP contribution in [0.4, 0.5) is 5.69 Å². The van der Waals surface area contributed by atoms with Crippen molar-refractivity contribution in [3.8, 4) is 11.4 Å². The fraction of sp³-hybridized carbons (Fsp3) is 0.269. The highest BCUT2D eigenvalue weighted by molar-refractivity contribution is 7.90. The van der Waals surface area contributed by atoms with E-state index < -0.39 is 49.3 Å². The van der Waals surface area contributed by atoms with Gasteiger partial charge in [-0.3, -0.25) is 24.5 Å². The Hall–Kier alpha value is -4.12. The summed E-state index contributed by atoms with van der Waals surface area (Å²) in [7, 11) is -3.70. The lowest BCUT2D eigenvalue weighted by molar-refractivity contribution is -0.794. The van der Waals surface area contributed by atoms with E-state index in [9.17, 15) is 32.9 Å². The second-order valence-corrected chi connectivity index (χ2v) is 10.9. The third-order valence-corrected chi connectivity index (χ3v) is 7.45. The minimum Gasteiger partial charge on any atom is -0.298 e. The number of fused-ring (bicyclic) bond motifs is 3. The third kappa shape index (κ3) is 5.51. The Bertz CT molecular complexity index is 1470. The van der Waals surface area contributed by atoms with Gasteiger partial charge < -0.3 is 0 Å². The molecule has 0 unspecified atom stereocenters. The van der Waals surface area contributed by atoms with E-state index in [2.05, 4.69) is 57.9 Å². The molecule has 0 radical (unpaired) electrons. The fourth-order valence-corrected chi connectivity index (χ4v) is 5.12. The molecule has 2 aliphatic rings. The molecule has 37 heavy (non-hydrogen) atoms. The van der Waals surface area contributed by atoms with Crippen LogP contribution >= 0.6 is 0 Å². The highest BCUT2D eigenvalue weighted by Gasteiger charge is 2.39. The predicted octanol–water partition coefficient (Wildman–Crippen LogP) is 2.06. The molecule has 0 N–H and O–H groups in total. The maximum Gasteiger partial charge on any atom is 0.281 e. The Morgan fingerprint density at radius 2 is 1.46 bits per heavy atom. The second kappa shape index (κ2) is 10.5. The molecule has 0 spiro atoms. The number of aromatic nitrogens is 2. The van der Waals surface area contributed by atoms with Gasteiger partial charge in [0, 0.05) is 49.4 Å². The van der Waals surface area contributed by atoms with E-state index in [1.54, 1.807) is 0 Å². The van der Waals surface area contributed by atoms with Crippen LogP contribution in [0.15, 0.2) is 71.9 Å². The lowest BCUT2D eigenvalue weighted by atomic mass is 9.81. The molecular weight excluding hydrogens is 498 g/mol. The van der Waals surface area contributed by atoms with Crippen molar-refractivity contribution in [2.45, 2.75) is 37.2 Å². The van der Waals surface area contributed by atoms with Gasteiger partial charge in [-0.2, -0.15) is 9.13 Å². The number of pyridine rings is 2. The summed E-state index contributed by atoms with van der Waals surface area (Å²) in [5.41, 5.74) is 1.44. The van der Waals surface area contributed by atoms with E-state index in [-0.39, 0.29) is 17.7 Å². The number of nitro groups is 1. The molecule has 190 valence electrons. The molecule has 0 atom stereocenters. The molecule has 1 fully saturated rings. The average molecular weight is 524 g/mol. The summed E-state index contributed by atoms with van der Waals surface area (Å²) in [5, 5.41) is 11.1. The molecule has 1 aromatic carbocycles. The summed E-state index contributed by atoms with van der Waals surface area (Å²) >= 11 is 0. The van der Waals surface area contributed by atoms with Gasteiger partial charge in [0.1, 0.15) is 5.92 Å². The maximum atomic E-state index is 12.4. The number of nitro benzene ring substituents is 1. The summed E-state index contributed by atoms with van der Waals surface area (Å²) in [4.78, 5) is 46.0. The summed E-state index contributed by atoms with van der Waals surface area (Å²) < 4.78 is 27.6. The lowest BCUT2D eigenvalue weighted by Crippen LogP contribution is -2.52. The Balaban J connectivity index is 0.000000193. The Morgan fingerprint density at radius 3 is 1.95 bits per heavy atom. The number of benzene rings is 1. The van der Waals surface area contributed by atoms with Crippen LogP contribution in [0.3, 0.4) is 0 Å². The number of carbonyl (C=O) groups is 3. The quantitative estimate of drug-likeness (QED) is 0.168. The van der Waals surface area contributed by atoms with Crippen LogP contribution in [-0.4, -0.2) is 36.9 Å². The third-order valence-electron chi connectivity index (χ3n) is 6.34. The van der Waals surface area contributed by atoms with Crippen LogP contribution in [0.5, 0.6) is 0 Å². The van der Waals surface area contributed by atoms with E-state index >= 15 is 0 Å². The Labute approximate surface area is 213 Å². The zero-order chi connectivity index (χ0) is 26.7. The first-order valence-electron chi connectivity index (χ1n) is 11.6. The molecule has 3 heterocycles. The van der Waals surface area contributed by atoms with Gasteiger partial charge in [0.15, 0.2) is 39.6 Å². The number of aryl methyl sites for hydroxylation is 2. The zero-order valence-electron chi connectivity index (χ0n) is 20.1. The van der Waals surface area contributed by atoms with Crippen molar-refractivity contribution >= 4 is 32.9 Å². The van der Waals surface area contributed by atoms with Gasteiger partial charge in [0.05, 0.1) is 15.4 Å². The first-order chi connectivity index (χ1) is 17.6. The second-order valence-electron chi connectivity index (χ2n) is 8.85. The normalized spacial score (nSPS) is 15.2. The van der Waals surface area contributed by atoms with Crippen LogP contribution in [-0.2, 0) is 32.5 Å². The number of carbonyl (C=O) groups excluding carboxylic acids is 3.